The first-order chi connectivity index (χ1) is 11.2. The molecule has 0 fully saturated rings. The quantitative estimate of drug-likeness (QED) is 0.638. The van der Waals surface area contributed by atoms with Crippen molar-refractivity contribution in [1.29, 1.82) is 0 Å². The largest absolute Gasteiger partial charge is 0.352 e. The molecule has 0 aromatic heterocycles. The molecule has 1 atom stereocenters. The summed E-state index contributed by atoms with van der Waals surface area (Å²) in [7, 11) is 0. The number of hydrogen-bond donors (Lipinski definition) is 3. The third-order valence-electron chi connectivity index (χ3n) is 4.37. The molecule has 4 N–H and O–H groups in total. The van der Waals surface area contributed by atoms with Crippen molar-refractivity contribution in [3.63, 3.8) is 0 Å². The summed E-state index contributed by atoms with van der Waals surface area (Å²) in [6.07, 6.45) is 1.54. The molecular weight excluding hydrogens is 361 g/mol. The molecule has 7 heteroatoms. The third-order valence-corrected chi connectivity index (χ3v) is 4.62. The maximum Gasteiger partial charge on any atom is 0.251 e. The van der Waals surface area contributed by atoms with Gasteiger partial charge in [-0.3, -0.25) is 9.59 Å². The van der Waals surface area contributed by atoms with Crippen LogP contribution in [0.2, 0.25) is 5.02 Å². The molecule has 1 rings (SSSR count). The Balaban J connectivity index is 0.00000576. The smallest absolute Gasteiger partial charge is 0.251 e. The zero-order valence-corrected chi connectivity index (χ0v) is 16.8. The molecule has 142 valence electrons. The fourth-order valence-corrected chi connectivity index (χ4v) is 2.36. The standard InChI is InChI=1S/C18H28ClN3O2.ClH/c1-5-18(20,6-2)11-21-17(24)15(12(3)4)22-16(23)13-7-9-14(19)10-8-13;/h7-10,12,15H,5-6,11,20H2,1-4H3,(H,21,24)(H,22,23);1H. The lowest BCUT2D eigenvalue weighted by molar-refractivity contribution is -0.124. The van der Waals surface area contributed by atoms with Gasteiger partial charge in [0.2, 0.25) is 5.91 Å². The van der Waals surface area contributed by atoms with Crippen molar-refractivity contribution in [3.8, 4) is 0 Å². The van der Waals surface area contributed by atoms with Gasteiger partial charge >= 0.3 is 0 Å². The minimum Gasteiger partial charge on any atom is -0.352 e. The van der Waals surface area contributed by atoms with Crippen LogP contribution in [0.4, 0.5) is 0 Å². The molecule has 2 amide bonds. The second kappa shape index (κ2) is 10.6. The SMILES string of the molecule is CCC(N)(CC)CNC(=O)C(NC(=O)c1ccc(Cl)cc1)C(C)C.Cl. The zero-order chi connectivity index (χ0) is 18.3. The van der Waals surface area contributed by atoms with Gasteiger partial charge < -0.3 is 16.4 Å². The number of rotatable bonds is 8. The second-order valence-electron chi connectivity index (χ2n) is 6.49. The molecule has 0 saturated heterocycles. The van der Waals surface area contributed by atoms with Gasteiger partial charge in [0.05, 0.1) is 0 Å². The Morgan fingerprint density at radius 3 is 2.12 bits per heavy atom. The van der Waals surface area contributed by atoms with Crippen LogP contribution in [0.25, 0.3) is 0 Å². The minimum atomic E-state index is -0.619. The highest BCUT2D eigenvalue weighted by atomic mass is 35.5. The zero-order valence-electron chi connectivity index (χ0n) is 15.3. The Morgan fingerprint density at radius 2 is 1.68 bits per heavy atom. The van der Waals surface area contributed by atoms with Crippen molar-refractivity contribution in [3.05, 3.63) is 34.9 Å². The molecular formula is C18H29Cl2N3O2. The number of carbonyl (C=O) groups is 2. The molecule has 0 aliphatic rings. The van der Waals surface area contributed by atoms with Crippen LogP contribution >= 0.6 is 24.0 Å². The van der Waals surface area contributed by atoms with Crippen LogP contribution in [-0.2, 0) is 4.79 Å². The Labute approximate surface area is 161 Å². The Hall–Kier alpha value is -1.30. The van der Waals surface area contributed by atoms with Crippen molar-refractivity contribution >= 4 is 35.8 Å². The summed E-state index contributed by atoms with van der Waals surface area (Å²) in [5, 5.41) is 6.22. The monoisotopic (exact) mass is 389 g/mol. The number of benzene rings is 1. The topological polar surface area (TPSA) is 84.2 Å². The van der Waals surface area contributed by atoms with Crippen LogP contribution in [0.1, 0.15) is 50.9 Å². The minimum absolute atomic E-state index is 0. The number of hydrogen-bond acceptors (Lipinski definition) is 3. The van der Waals surface area contributed by atoms with E-state index < -0.39 is 11.6 Å². The first-order valence-corrected chi connectivity index (χ1v) is 8.73. The van der Waals surface area contributed by atoms with Gasteiger partial charge in [-0.05, 0) is 43.0 Å². The lowest BCUT2D eigenvalue weighted by Crippen LogP contribution is -2.55. The Bertz CT molecular complexity index is 558. The molecule has 0 spiro atoms. The first-order valence-electron chi connectivity index (χ1n) is 8.35. The first kappa shape index (κ1) is 23.7. The molecule has 0 heterocycles. The highest BCUT2D eigenvalue weighted by Crippen LogP contribution is 2.12. The molecule has 1 aromatic carbocycles. The van der Waals surface area contributed by atoms with Crippen LogP contribution in [0, 0.1) is 5.92 Å². The average Bonchev–Trinajstić information content (AvgIpc) is 2.57. The molecule has 0 aliphatic carbocycles. The maximum absolute atomic E-state index is 12.5. The van der Waals surface area contributed by atoms with E-state index in [0.717, 1.165) is 12.8 Å². The van der Waals surface area contributed by atoms with Gasteiger partial charge in [-0.2, -0.15) is 0 Å². The van der Waals surface area contributed by atoms with Crippen molar-refractivity contribution in [1.82, 2.24) is 10.6 Å². The van der Waals surface area contributed by atoms with Crippen molar-refractivity contribution < 1.29 is 9.59 Å². The normalized spacial score (nSPS) is 12.3. The second-order valence-corrected chi connectivity index (χ2v) is 6.93. The van der Waals surface area contributed by atoms with Crippen LogP contribution < -0.4 is 16.4 Å². The van der Waals surface area contributed by atoms with Gasteiger partial charge in [0, 0.05) is 22.7 Å². The lowest BCUT2D eigenvalue weighted by Gasteiger charge is -2.29. The number of halogens is 2. The average molecular weight is 390 g/mol. The van der Waals surface area contributed by atoms with Gasteiger partial charge in [0.25, 0.3) is 5.91 Å². The summed E-state index contributed by atoms with van der Waals surface area (Å²) in [5.74, 6) is -0.564. The summed E-state index contributed by atoms with van der Waals surface area (Å²) in [5.41, 5.74) is 6.26. The van der Waals surface area contributed by atoms with E-state index in [4.69, 9.17) is 17.3 Å². The molecule has 0 radical (unpaired) electrons. The molecule has 5 nitrogen and oxygen atoms in total. The van der Waals surface area contributed by atoms with E-state index in [2.05, 4.69) is 10.6 Å². The van der Waals surface area contributed by atoms with E-state index in [0.29, 0.717) is 17.1 Å². The van der Waals surface area contributed by atoms with E-state index in [1.165, 1.54) is 0 Å². The Morgan fingerprint density at radius 1 is 1.16 bits per heavy atom. The van der Waals surface area contributed by atoms with Crippen LogP contribution in [-0.4, -0.2) is 29.9 Å². The van der Waals surface area contributed by atoms with Gasteiger partial charge in [0.15, 0.2) is 0 Å². The predicted molar refractivity (Wildman–Crippen MR) is 105 cm³/mol. The van der Waals surface area contributed by atoms with Gasteiger partial charge in [-0.1, -0.05) is 39.3 Å². The number of amides is 2. The molecule has 0 aliphatic heterocycles. The lowest BCUT2D eigenvalue weighted by atomic mass is 9.94. The molecule has 25 heavy (non-hydrogen) atoms. The predicted octanol–water partition coefficient (Wildman–Crippen LogP) is 3.15. The van der Waals surface area contributed by atoms with E-state index in [9.17, 15) is 9.59 Å². The highest BCUT2D eigenvalue weighted by Gasteiger charge is 2.27. The molecule has 0 saturated carbocycles. The number of nitrogens with one attached hydrogen (secondary N) is 2. The van der Waals surface area contributed by atoms with E-state index in [-0.39, 0.29) is 30.1 Å². The van der Waals surface area contributed by atoms with Gasteiger partial charge in [0.1, 0.15) is 6.04 Å². The van der Waals surface area contributed by atoms with E-state index in [1.54, 1.807) is 24.3 Å². The highest BCUT2D eigenvalue weighted by molar-refractivity contribution is 6.30. The molecule has 1 unspecified atom stereocenters. The molecule has 1 aromatic rings. The van der Waals surface area contributed by atoms with Gasteiger partial charge in [-0.25, -0.2) is 0 Å². The summed E-state index contributed by atoms with van der Waals surface area (Å²) < 4.78 is 0. The van der Waals surface area contributed by atoms with Crippen LogP contribution in [0.15, 0.2) is 24.3 Å². The van der Waals surface area contributed by atoms with Crippen molar-refractivity contribution in [2.24, 2.45) is 11.7 Å². The van der Waals surface area contributed by atoms with Crippen LogP contribution in [0.3, 0.4) is 0 Å². The molecule has 0 bridgehead atoms. The maximum atomic E-state index is 12.5. The van der Waals surface area contributed by atoms with E-state index >= 15 is 0 Å². The fraction of sp³-hybridized carbons (Fsp3) is 0.556. The number of carbonyl (C=O) groups excluding carboxylic acids is 2. The van der Waals surface area contributed by atoms with Crippen LogP contribution in [0.5, 0.6) is 0 Å². The summed E-state index contributed by atoms with van der Waals surface area (Å²) in [4.78, 5) is 24.8. The fourth-order valence-electron chi connectivity index (χ4n) is 2.23. The summed E-state index contributed by atoms with van der Waals surface area (Å²) in [6.45, 7) is 8.16. The van der Waals surface area contributed by atoms with Crippen molar-refractivity contribution in [2.75, 3.05) is 6.54 Å². The third kappa shape index (κ3) is 7.22. The number of nitrogens with two attached hydrogens (primary N) is 1. The van der Waals surface area contributed by atoms with Gasteiger partial charge in [-0.15, -0.1) is 12.4 Å². The van der Waals surface area contributed by atoms with E-state index in [1.807, 2.05) is 27.7 Å². The Kier molecular flexibility index (Phi) is 10.1. The summed E-state index contributed by atoms with van der Waals surface area (Å²) in [6, 6.07) is 5.93. The summed E-state index contributed by atoms with van der Waals surface area (Å²) >= 11 is 5.83. The van der Waals surface area contributed by atoms with Crippen molar-refractivity contribution in [2.45, 2.75) is 52.1 Å².